The predicted molar refractivity (Wildman–Crippen MR) is 104 cm³/mol. The van der Waals surface area contributed by atoms with Crippen molar-refractivity contribution in [1.82, 2.24) is 24.2 Å². The molecule has 140 valence electrons. The smallest absolute Gasteiger partial charge is 0.224 e. The van der Waals surface area contributed by atoms with Crippen molar-refractivity contribution in [3.63, 3.8) is 0 Å². The zero-order chi connectivity index (χ0) is 18.6. The number of hydrogen-bond donors (Lipinski definition) is 0. The number of aryl methyl sites for hydroxylation is 2. The molecule has 0 radical (unpaired) electrons. The van der Waals surface area contributed by atoms with Crippen LogP contribution in [0.4, 0.5) is 0 Å². The van der Waals surface area contributed by atoms with Crippen molar-refractivity contribution < 1.29 is 4.79 Å². The van der Waals surface area contributed by atoms with Crippen molar-refractivity contribution in [2.45, 2.75) is 32.9 Å². The number of benzene rings is 1. The van der Waals surface area contributed by atoms with Crippen molar-refractivity contribution in [3.8, 4) is 11.4 Å². The van der Waals surface area contributed by atoms with Gasteiger partial charge in [-0.1, -0.05) is 30.3 Å². The van der Waals surface area contributed by atoms with Gasteiger partial charge in [-0.05, 0) is 25.3 Å². The van der Waals surface area contributed by atoms with Crippen LogP contribution in [-0.4, -0.2) is 43.2 Å². The Labute approximate surface area is 159 Å². The van der Waals surface area contributed by atoms with Gasteiger partial charge in [0, 0.05) is 62.4 Å². The highest BCUT2D eigenvalue weighted by Crippen LogP contribution is 2.24. The Morgan fingerprint density at radius 3 is 2.85 bits per heavy atom. The fourth-order valence-electron chi connectivity index (χ4n) is 3.78. The fraction of sp³-hybridized carbons (Fsp3) is 0.381. The van der Waals surface area contributed by atoms with Crippen molar-refractivity contribution in [3.05, 3.63) is 60.7 Å². The van der Waals surface area contributed by atoms with E-state index in [1.165, 1.54) is 0 Å². The molecule has 1 unspecified atom stereocenters. The van der Waals surface area contributed by atoms with Gasteiger partial charge in [-0.3, -0.25) is 9.48 Å². The van der Waals surface area contributed by atoms with Crippen LogP contribution in [0.25, 0.3) is 11.4 Å². The summed E-state index contributed by atoms with van der Waals surface area (Å²) in [5.41, 5.74) is 2.30. The molecule has 3 aromatic rings. The average molecular weight is 363 g/mol. The SMILES string of the molecule is Cc1cnc(-c2ccccc2)n1CC1CCN(C(=O)CCn2cccn2)C1. The summed E-state index contributed by atoms with van der Waals surface area (Å²) in [6.45, 7) is 5.31. The molecule has 3 heterocycles. The van der Waals surface area contributed by atoms with Gasteiger partial charge < -0.3 is 9.47 Å². The molecule has 1 aromatic carbocycles. The van der Waals surface area contributed by atoms with Gasteiger partial charge in [0.2, 0.25) is 5.91 Å². The monoisotopic (exact) mass is 363 g/mol. The highest BCUT2D eigenvalue weighted by molar-refractivity contribution is 5.76. The zero-order valence-electron chi connectivity index (χ0n) is 15.7. The summed E-state index contributed by atoms with van der Waals surface area (Å²) in [7, 11) is 0. The number of rotatable bonds is 6. The summed E-state index contributed by atoms with van der Waals surface area (Å²) in [6, 6.07) is 12.2. The first-order valence-electron chi connectivity index (χ1n) is 9.53. The van der Waals surface area contributed by atoms with Crippen LogP contribution in [0.3, 0.4) is 0 Å². The Hall–Kier alpha value is -2.89. The van der Waals surface area contributed by atoms with Gasteiger partial charge in [-0.15, -0.1) is 0 Å². The first kappa shape index (κ1) is 17.5. The highest BCUT2D eigenvalue weighted by atomic mass is 16.2. The van der Waals surface area contributed by atoms with E-state index in [9.17, 15) is 4.79 Å². The van der Waals surface area contributed by atoms with Gasteiger partial charge in [0.15, 0.2) is 0 Å². The summed E-state index contributed by atoms with van der Waals surface area (Å²) < 4.78 is 4.10. The highest BCUT2D eigenvalue weighted by Gasteiger charge is 2.27. The van der Waals surface area contributed by atoms with Crippen LogP contribution in [-0.2, 0) is 17.9 Å². The predicted octanol–water partition coefficient (Wildman–Crippen LogP) is 2.99. The van der Waals surface area contributed by atoms with Gasteiger partial charge >= 0.3 is 0 Å². The second kappa shape index (κ2) is 7.78. The second-order valence-corrected chi connectivity index (χ2v) is 7.21. The summed E-state index contributed by atoms with van der Waals surface area (Å²) in [4.78, 5) is 19.1. The molecule has 1 fully saturated rings. The minimum Gasteiger partial charge on any atom is -0.342 e. The molecule has 4 rings (SSSR count). The molecule has 0 saturated carbocycles. The molecular weight excluding hydrogens is 338 g/mol. The maximum absolute atomic E-state index is 12.5. The van der Waals surface area contributed by atoms with Gasteiger partial charge in [0.05, 0.1) is 0 Å². The van der Waals surface area contributed by atoms with Gasteiger partial charge in [-0.25, -0.2) is 4.98 Å². The van der Waals surface area contributed by atoms with E-state index in [-0.39, 0.29) is 5.91 Å². The van der Waals surface area contributed by atoms with Crippen LogP contribution in [0.15, 0.2) is 55.0 Å². The van der Waals surface area contributed by atoms with E-state index >= 15 is 0 Å². The second-order valence-electron chi connectivity index (χ2n) is 7.21. The number of carbonyl (C=O) groups excluding carboxylic acids is 1. The van der Waals surface area contributed by atoms with E-state index in [1.807, 2.05) is 46.2 Å². The minimum atomic E-state index is 0.221. The lowest BCUT2D eigenvalue weighted by Crippen LogP contribution is -2.30. The molecule has 0 spiro atoms. The molecule has 1 aliphatic rings. The Morgan fingerprint density at radius 1 is 1.22 bits per heavy atom. The van der Waals surface area contributed by atoms with Gasteiger partial charge in [-0.2, -0.15) is 5.10 Å². The first-order valence-corrected chi connectivity index (χ1v) is 9.53. The molecule has 0 aliphatic carbocycles. The number of imidazole rings is 1. The topological polar surface area (TPSA) is 56.0 Å². The third-order valence-corrected chi connectivity index (χ3v) is 5.28. The maximum atomic E-state index is 12.5. The van der Waals surface area contributed by atoms with E-state index in [2.05, 4.69) is 33.7 Å². The lowest BCUT2D eigenvalue weighted by atomic mass is 10.1. The molecule has 6 nitrogen and oxygen atoms in total. The Morgan fingerprint density at radius 2 is 2.07 bits per heavy atom. The molecular formula is C21H25N5O. The summed E-state index contributed by atoms with van der Waals surface area (Å²) in [6.07, 6.45) is 7.12. The van der Waals surface area contributed by atoms with Crippen molar-refractivity contribution in [2.75, 3.05) is 13.1 Å². The average Bonchev–Trinajstić information content (AvgIpc) is 3.44. The van der Waals surface area contributed by atoms with E-state index < -0.39 is 0 Å². The number of likely N-dealkylation sites (tertiary alicyclic amines) is 1. The number of carbonyl (C=O) groups is 1. The molecule has 6 heteroatoms. The molecule has 2 aromatic heterocycles. The Bertz CT molecular complexity index is 885. The lowest BCUT2D eigenvalue weighted by Gasteiger charge is -2.18. The summed E-state index contributed by atoms with van der Waals surface area (Å²) >= 11 is 0. The van der Waals surface area contributed by atoms with Gasteiger partial charge in [0.1, 0.15) is 5.82 Å². The van der Waals surface area contributed by atoms with Crippen molar-refractivity contribution in [1.29, 1.82) is 0 Å². The largest absolute Gasteiger partial charge is 0.342 e. The number of amides is 1. The number of hydrogen-bond acceptors (Lipinski definition) is 3. The van der Waals surface area contributed by atoms with Crippen molar-refractivity contribution in [2.24, 2.45) is 5.92 Å². The summed E-state index contributed by atoms with van der Waals surface area (Å²) in [5, 5.41) is 4.16. The Kier molecular flexibility index (Phi) is 5.05. The third-order valence-electron chi connectivity index (χ3n) is 5.28. The quantitative estimate of drug-likeness (QED) is 0.676. The Balaban J connectivity index is 1.38. The van der Waals surface area contributed by atoms with E-state index in [0.29, 0.717) is 18.9 Å². The van der Waals surface area contributed by atoms with Crippen molar-refractivity contribution >= 4 is 5.91 Å². The van der Waals surface area contributed by atoms with E-state index in [0.717, 1.165) is 43.1 Å². The number of nitrogens with zero attached hydrogens (tertiary/aromatic N) is 5. The molecule has 0 bridgehead atoms. The fourth-order valence-corrected chi connectivity index (χ4v) is 3.78. The summed E-state index contributed by atoms with van der Waals surface area (Å²) in [5.74, 6) is 1.70. The van der Waals surface area contributed by atoms with Crippen LogP contribution in [0, 0.1) is 12.8 Å². The van der Waals surface area contributed by atoms with E-state index in [1.54, 1.807) is 6.20 Å². The molecule has 27 heavy (non-hydrogen) atoms. The first-order chi connectivity index (χ1) is 13.2. The molecule has 1 saturated heterocycles. The molecule has 0 N–H and O–H groups in total. The van der Waals surface area contributed by atoms with Crippen LogP contribution < -0.4 is 0 Å². The standard InChI is InChI=1S/C21H25N5O/c1-17-14-22-21(19-6-3-2-4-7-19)26(17)16-18-8-12-24(15-18)20(27)9-13-25-11-5-10-23-25/h2-7,10-11,14,18H,8-9,12-13,15-16H2,1H3. The van der Waals surface area contributed by atoms with E-state index in [4.69, 9.17) is 0 Å². The molecule has 1 amide bonds. The van der Waals surface area contributed by atoms with Crippen LogP contribution in [0.1, 0.15) is 18.5 Å². The normalized spacial score (nSPS) is 16.8. The lowest BCUT2D eigenvalue weighted by molar-refractivity contribution is -0.130. The van der Waals surface area contributed by atoms with Crippen LogP contribution >= 0.6 is 0 Å². The maximum Gasteiger partial charge on any atom is 0.224 e. The third kappa shape index (κ3) is 3.94. The zero-order valence-corrected chi connectivity index (χ0v) is 15.7. The molecule has 1 aliphatic heterocycles. The van der Waals surface area contributed by atoms with Crippen LogP contribution in [0.2, 0.25) is 0 Å². The number of aromatic nitrogens is 4. The van der Waals surface area contributed by atoms with Crippen LogP contribution in [0.5, 0.6) is 0 Å². The minimum absolute atomic E-state index is 0.221. The van der Waals surface area contributed by atoms with Gasteiger partial charge in [0.25, 0.3) is 0 Å². The molecule has 1 atom stereocenters.